The number of hydrogen-bond acceptors (Lipinski definition) is 2. The van der Waals surface area contributed by atoms with Gasteiger partial charge in [0.15, 0.2) is 0 Å². The molecule has 1 aromatic rings. The maximum Gasteiger partial charge on any atom is 0.224 e. The van der Waals surface area contributed by atoms with Crippen molar-refractivity contribution >= 4 is 5.91 Å². The molecule has 0 saturated carbocycles. The van der Waals surface area contributed by atoms with Crippen LogP contribution in [0.2, 0.25) is 0 Å². The molecular weight excluding hydrogens is 224 g/mol. The fraction of sp³-hybridized carbons (Fsp3) is 0.533. The maximum atomic E-state index is 11.7. The molecule has 18 heavy (non-hydrogen) atoms. The van der Waals surface area contributed by atoms with E-state index >= 15 is 0 Å². The summed E-state index contributed by atoms with van der Waals surface area (Å²) in [7, 11) is 4.08. The number of nitrogens with one attached hydrogen (secondary N) is 1. The first-order valence-corrected chi connectivity index (χ1v) is 6.46. The summed E-state index contributed by atoms with van der Waals surface area (Å²) in [6.45, 7) is 5.92. The summed E-state index contributed by atoms with van der Waals surface area (Å²) in [4.78, 5) is 13.8. The largest absolute Gasteiger partial charge is 0.356 e. The number of aryl methyl sites for hydroxylation is 2. The lowest BCUT2D eigenvalue weighted by Gasteiger charge is -2.10. The molecule has 0 radical (unpaired) electrons. The summed E-state index contributed by atoms with van der Waals surface area (Å²) in [5, 5.41) is 2.95. The lowest BCUT2D eigenvalue weighted by Crippen LogP contribution is -2.28. The van der Waals surface area contributed by atoms with Crippen molar-refractivity contribution in [3.05, 3.63) is 34.9 Å². The zero-order chi connectivity index (χ0) is 13.5. The topological polar surface area (TPSA) is 32.3 Å². The van der Waals surface area contributed by atoms with E-state index in [-0.39, 0.29) is 5.91 Å². The highest BCUT2D eigenvalue weighted by Gasteiger charge is 2.03. The minimum absolute atomic E-state index is 0.108. The molecule has 3 heteroatoms. The van der Waals surface area contributed by atoms with Gasteiger partial charge in [0.1, 0.15) is 0 Å². The van der Waals surface area contributed by atoms with Crippen LogP contribution in [0.4, 0.5) is 0 Å². The Morgan fingerprint density at radius 3 is 2.56 bits per heavy atom. The van der Waals surface area contributed by atoms with Crippen LogP contribution in [0.25, 0.3) is 0 Å². The summed E-state index contributed by atoms with van der Waals surface area (Å²) in [6, 6.07) is 6.19. The summed E-state index contributed by atoms with van der Waals surface area (Å²) in [5.74, 6) is 0.108. The van der Waals surface area contributed by atoms with Crippen LogP contribution < -0.4 is 5.32 Å². The SMILES string of the molecule is Cc1ccc(CC(=O)NCCCN(C)C)cc1C. The second-order valence-electron chi connectivity index (χ2n) is 5.10. The molecule has 1 rings (SSSR count). The first-order valence-electron chi connectivity index (χ1n) is 6.46. The van der Waals surface area contributed by atoms with E-state index in [0.29, 0.717) is 6.42 Å². The van der Waals surface area contributed by atoms with Gasteiger partial charge in [-0.2, -0.15) is 0 Å². The highest BCUT2D eigenvalue weighted by molar-refractivity contribution is 5.78. The molecule has 0 heterocycles. The van der Waals surface area contributed by atoms with E-state index in [1.165, 1.54) is 11.1 Å². The average Bonchev–Trinajstić information content (AvgIpc) is 2.29. The molecule has 0 aliphatic rings. The Hall–Kier alpha value is -1.35. The van der Waals surface area contributed by atoms with Crippen LogP contribution in [0.15, 0.2) is 18.2 Å². The second-order valence-corrected chi connectivity index (χ2v) is 5.10. The molecule has 0 fully saturated rings. The van der Waals surface area contributed by atoms with Crippen LogP contribution in [-0.2, 0) is 11.2 Å². The molecule has 0 aliphatic heterocycles. The van der Waals surface area contributed by atoms with Crippen molar-refractivity contribution in [2.24, 2.45) is 0 Å². The minimum atomic E-state index is 0.108. The summed E-state index contributed by atoms with van der Waals surface area (Å²) < 4.78 is 0. The minimum Gasteiger partial charge on any atom is -0.356 e. The van der Waals surface area contributed by atoms with E-state index < -0.39 is 0 Å². The predicted octanol–water partition coefficient (Wildman–Crippen LogP) is 1.91. The Morgan fingerprint density at radius 1 is 1.22 bits per heavy atom. The highest BCUT2D eigenvalue weighted by atomic mass is 16.1. The molecule has 3 nitrogen and oxygen atoms in total. The van der Waals surface area contributed by atoms with Crippen molar-refractivity contribution in [1.82, 2.24) is 10.2 Å². The Balaban J connectivity index is 2.33. The van der Waals surface area contributed by atoms with Gasteiger partial charge in [0.25, 0.3) is 0 Å². The number of nitrogens with zero attached hydrogens (tertiary/aromatic N) is 1. The summed E-state index contributed by atoms with van der Waals surface area (Å²) in [5.41, 5.74) is 3.60. The Bertz CT molecular complexity index is 399. The van der Waals surface area contributed by atoms with Crippen molar-refractivity contribution in [2.75, 3.05) is 27.2 Å². The fourth-order valence-corrected chi connectivity index (χ4v) is 1.78. The standard InChI is InChI=1S/C15H24N2O/c1-12-6-7-14(10-13(12)2)11-15(18)16-8-5-9-17(3)4/h6-7,10H,5,8-9,11H2,1-4H3,(H,16,18). The van der Waals surface area contributed by atoms with Crippen molar-refractivity contribution < 1.29 is 4.79 Å². The zero-order valence-corrected chi connectivity index (χ0v) is 11.9. The number of amides is 1. The van der Waals surface area contributed by atoms with Crippen LogP contribution in [-0.4, -0.2) is 38.0 Å². The van der Waals surface area contributed by atoms with E-state index in [9.17, 15) is 4.79 Å². The second kappa shape index (κ2) is 7.17. The summed E-state index contributed by atoms with van der Waals surface area (Å²) >= 11 is 0. The summed E-state index contributed by atoms with van der Waals surface area (Å²) in [6.07, 6.45) is 1.47. The van der Waals surface area contributed by atoms with Crippen molar-refractivity contribution in [3.8, 4) is 0 Å². The van der Waals surface area contributed by atoms with Crippen molar-refractivity contribution in [3.63, 3.8) is 0 Å². The lowest BCUT2D eigenvalue weighted by atomic mass is 10.0. The number of carbonyl (C=O) groups is 1. The predicted molar refractivity (Wildman–Crippen MR) is 75.8 cm³/mol. The van der Waals surface area contributed by atoms with Crippen molar-refractivity contribution in [1.29, 1.82) is 0 Å². The van der Waals surface area contributed by atoms with Crippen LogP contribution in [0, 0.1) is 13.8 Å². The van der Waals surface area contributed by atoms with Gasteiger partial charge in [0.2, 0.25) is 5.91 Å². The van der Waals surface area contributed by atoms with Gasteiger partial charge in [-0.25, -0.2) is 0 Å². The van der Waals surface area contributed by atoms with Gasteiger partial charge in [-0.3, -0.25) is 4.79 Å². The van der Waals surface area contributed by atoms with E-state index in [0.717, 1.165) is 25.1 Å². The van der Waals surface area contributed by atoms with Crippen LogP contribution in [0.3, 0.4) is 0 Å². The molecule has 100 valence electrons. The van der Waals surface area contributed by atoms with E-state index in [2.05, 4.69) is 36.2 Å². The van der Waals surface area contributed by atoms with E-state index in [1.54, 1.807) is 0 Å². The smallest absolute Gasteiger partial charge is 0.224 e. The van der Waals surface area contributed by atoms with Gasteiger partial charge in [-0.1, -0.05) is 18.2 Å². The molecule has 1 aromatic carbocycles. The maximum absolute atomic E-state index is 11.7. The third-order valence-electron chi connectivity index (χ3n) is 3.04. The van der Waals surface area contributed by atoms with Crippen LogP contribution in [0.5, 0.6) is 0 Å². The quantitative estimate of drug-likeness (QED) is 0.780. The van der Waals surface area contributed by atoms with Crippen LogP contribution >= 0.6 is 0 Å². The van der Waals surface area contributed by atoms with Gasteiger partial charge in [0.05, 0.1) is 6.42 Å². The van der Waals surface area contributed by atoms with Gasteiger partial charge in [-0.05, 0) is 57.6 Å². The molecule has 0 bridgehead atoms. The fourth-order valence-electron chi connectivity index (χ4n) is 1.78. The van der Waals surface area contributed by atoms with Gasteiger partial charge >= 0.3 is 0 Å². The number of rotatable bonds is 6. The molecule has 1 amide bonds. The van der Waals surface area contributed by atoms with Gasteiger partial charge < -0.3 is 10.2 Å². The van der Waals surface area contributed by atoms with E-state index in [4.69, 9.17) is 0 Å². The molecule has 1 N–H and O–H groups in total. The molecule has 0 aromatic heterocycles. The molecule has 0 unspecified atom stereocenters. The first-order chi connectivity index (χ1) is 8.49. The molecule has 0 aliphatic carbocycles. The number of hydrogen-bond donors (Lipinski definition) is 1. The number of benzene rings is 1. The Kier molecular flexibility index (Phi) is 5.86. The van der Waals surface area contributed by atoms with Gasteiger partial charge in [-0.15, -0.1) is 0 Å². The third kappa shape index (κ3) is 5.32. The lowest BCUT2D eigenvalue weighted by molar-refractivity contribution is -0.120. The zero-order valence-electron chi connectivity index (χ0n) is 11.9. The molecule has 0 spiro atoms. The van der Waals surface area contributed by atoms with Crippen molar-refractivity contribution in [2.45, 2.75) is 26.7 Å². The van der Waals surface area contributed by atoms with Crippen LogP contribution in [0.1, 0.15) is 23.1 Å². The molecular formula is C15H24N2O. The monoisotopic (exact) mass is 248 g/mol. The average molecular weight is 248 g/mol. The number of carbonyl (C=O) groups excluding carboxylic acids is 1. The van der Waals surface area contributed by atoms with Gasteiger partial charge in [0, 0.05) is 6.54 Å². The molecule has 0 atom stereocenters. The van der Waals surface area contributed by atoms with E-state index in [1.807, 2.05) is 20.2 Å². The normalized spacial score (nSPS) is 10.7. The highest BCUT2D eigenvalue weighted by Crippen LogP contribution is 2.10. The Labute approximate surface area is 110 Å². The first kappa shape index (κ1) is 14.7. The Morgan fingerprint density at radius 2 is 1.94 bits per heavy atom. The third-order valence-corrected chi connectivity index (χ3v) is 3.04. The molecule has 0 saturated heterocycles.